The van der Waals surface area contributed by atoms with Gasteiger partial charge in [-0.3, -0.25) is 4.98 Å². The van der Waals surface area contributed by atoms with Crippen molar-refractivity contribution in [3.05, 3.63) is 54.5 Å². The minimum absolute atomic E-state index is 0.105. The van der Waals surface area contributed by atoms with Crippen LogP contribution in [0.4, 0.5) is 5.69 Å². The van der Waals surface area contributed by atoms with E-state index in [1.54, 1.807) is 12.4 Å². The molecule has 0 N–H and O–H groups in total. The zero-order valence-electron chi connectivity index (χ0n) is 13.7. The van der Waals surface area contributed by atoms with Crippen molar-refractivity contribution >= 4 is 16.6 Å². The third kappa shape index (κ3) is 3.02. The molecule has 1 atom stereocenters. The maximum absolute atomic E-state index is 5.99. The molecule has 2 aromatic heterocycles. The molecule has 4 rings (SSSR count). The van der Waals surface area contributed by atoms with E-state index in [1.165, 1.54) is 11.1 Å². The molecule has 1 aliphatic heterocycles. The van der Waals surface area contributed by atoms with Crippen molar-refractivity contribution in [3.8, 4) is 6.01 Å². The molecule has 1 fully saturated rings. The Labute approximate surface area is 141 Å². The predicted octanol–water partition coefficient (Wildman–Crippen LogP) is 3.38. The molecular formula is C19H20N4O. The molecule has 1 saturated heterocycles. The van der Waals surface area contributed by atoms with E-state index < -0.39 is 0 Å². The number of aromatic nitrogens is 3. The van der Waals surface area contributed by atoms with Crippen LogP contribution < -0.4 is 9.64 Å². The van der Waals surface area contributed by atoms with E-state index in [1.807, 2.05) is 19.2 Å². The van der Waals surface area contributed by atoms with Crippen molar-refractivity contribution in [3.63, 3.8) is 0 Å². The predicted molar refractivity (Wildman–Crippen MR) is 94.4 cm³/mol. The highest BCUT2D eigenvalue weighted by molar-refractivity contribution is 5.91. The van der Waals surface area contributed by atoms with Crippen LogP contribution >= 0.6 is 0 Å². The van der Waals surface area contributed by atoms with E-state index in [2.05, 4.69) is 44.1 Å². The highest BCUT2D eigenvalue weighted by Gasteiger charge is 2.23. The number of benzene rings is 1. The lowest BCUT2D eigenvalue weighted by atomic mass is 10.1. The van der Waals surface area contributed by atoms with Crippen LogP contribution in [0.5, 0.6) is 6.01 Å². The Bertz CT molecular complexity index is 829. The number of hydrogen-bond acceptors (Lipinski definition) is 5. The quantitative estimate of drug-likeness (QED) is 0.740. The molecule has 5 nitrogen and oxygen atoms in total. The van der Waals surface area contributed by atoms with Crippen LogP contribution in [0, 0.1) is 6.92 Å². The summed E-state index contributed by atoms with van der Waals surface area (Å²) in [6.07, 6.45) is 7.68. The highest BCUT2D eigenvalue weighted by Crippen LogP contribution is 2.28. The van der Waals surface area contributed by atoms with Gasteiger partial charge in [-0.15, -0.1) is 0 Å². The molecule has 1 unspecified atom stereocenters. The highest BCUT2D eigenvalue weighted by atomic mass is 16.5. The summed E-state index contributed by atoms with van der Waals surface area (Å²) < 4.78 is 5.99. The van der Waals surface area contributed by atoms with Gasteiger partial charge in [0.25, 0.3) is 0 Å². The number of para-hydroxylation sites is 1. The molecule has 0 amide bonds. The molecule has 0 saturated carbocycles. The van der Waals surface area contributed by atoms with Gasteiger partial charge in [-0.1, -0.05) is 18.2 Å². The molecule has 3 heterocycles. The minimum atomic E-state index is 0.105. The zero-order valence-corrected chi connectivity index (χ0v) is 13.7. The van der Waals surface area contributed by atoms with Crippen LogP contribution in [-0.2, 0) is 0 Å². The lowest BCUT2D eigenvalue weighted by molar-refractivity contribution is 0.164. The Morgan fingerprint density at radius 2 is 1.92 bits per heavy atom. The van der Waals surface area contributed by atoms with Gasteiger partial charge in [-0.25, -0.2) is 9.97 Å². The maximum atomic E-state index is 5.99. The first-order chi connectivity index (χ1) is 11.8. The average Bonchev–Trinajstić information content (AvgIpc) is 2.63. The van der Waals surface area contributed by atoms with Gasteiger partial charge in [0.15, 0.2) is 0 Å². The first-order valence-corrected chi connectivity index (χ1v) is 8.33. The number of nitrogens with zero attached hydrogens (tertiary/aromatic N) is 4. The van der Waals surface area contributed by atoms with Gasteiger partial charge in [0, 0.05) is 36.2 Å². The number of anilines is 1. The van der Waals surface area contributed by atoms with Gasteiger partial charge in [0.1, 0.15) is 6.10 Å². The molecule has 1 aliphatic rings. The second-order valence-electron chi connectivity index (χ2n) is 6.22. The lowest BCUT2D eigenvalue weighted by Crippen LogP contribution is -2.41. The zero-order chi connectivity index (χ0) is 16.4. The molecule has 0 spiro atoms. The van der Waals surface area contributed by atoms with Crippen LogP contribution in [0.1, 0.15) is 18.4 Å². The third-order valence-corrected chi connectivity index (χ3v) is 4.37. The van der Waals surface area contributed by atoms with Gasteiger partial charge in [0.05, 0.1) is 12.1 Å². The van der Waals surface area contributed by atoms with E-state index in [4.69, 9.17) is 4.74 Å². The summed E-state index contributed by atoms with van der Waals surface area (Å²) in [5.41, 5.74) is 3.29. The van der Waals surface area contributed by atoms with Crippen LogP contribution in [0.15, 0.2) is 48.9 Å². The molecule has 3 aromatic rings. The Kier molecular flexibility index (Phi) is 3.99. The normalized spacial score (nSPS) is 17.9. The van der Waals surface area contributed by atoms with E-state index in [0.29, 0.717) is 6.01 Å². The summed E-state index contributed by atoms with van der Waals surface area (Å²) in [5, 5.41) is 1.19. The molecule has 0 radical (unpaired) electrons. The summed E-state index contributed by atoms with van der Waals surface area (Å²) in [6, 6.07) is 10.8. The lowest BCUT2D eigenvalue weighted by Gasteiger charge is -2.34. The standard InChI is InChI=1S/C19H20N4O/c1-14-11-21-19(22-12-14)24-15-5-4-10-23(13-15)18-8-9-20-17-7-3-2-6-16(17)18/h2-3,6-9,11-12,15H,4-5,10,13H2,1H3. The van der Waals surface area contributed by atoms with E-state index >= 15 is 0 Å². The van der Waals surface area contributed by atoms with Gasteiger partial charge in [-0.2, -0.15) is 0 Å². The largest absolute Gasteiger partial charge is 0.458 e. The smallest absolute Gasteiger partial charge is 0.316 e. The van der Waals surface area contributed by atoms with Crippen molar-refractivity contribution in [2.75, 3.05) is 18.0 Å². The Hall–Kier alpha value is -2.69. The Morgan fingerprint density at radius 1 is 1.08 bits per heavy atom. The SMILES string of the molecule is Cc1cnc(OC2CCCN(c3ccnc4ccccc34)C2)nc1. The fourth-order valence-corrected chi connectivity index (χ4v) is 3.20. The van der Waals surface area contributed by atoms with Crippen LogP contribution in [0.3, 0.4) is 0 Å². The summed E-state index contributed by atoms with van der Waals surface area (Å²) in [4.78, 5) is 15.4. The van der Waals surface area contributed by atoms with E-state index in [0.717, 1.165) is 37.0 Å². The number of aryl methyl sites for hydroxylation is 1. The van der Waals surface area contributed by atoms with Gasteiger partial charge < -0.3 is 9.64 Å². The van der Waals surface area contributed by atoms with E-state index in [-0.39, 0.29) is 6.10 Å². The number of piperidine rings is 1. The Balaban J connectivity index is 1.55. The van der Waals surface area contributed by atoms with Crippen LogP contribution in [-0.4, -0.2) is 34.1 Å². The van der Waals surface area contributed by atoms with Gasteiger partial charge in [0.2, 0.25) is 0 Å². The van der Waals surface area contributed by atoms with Crippen LogP contribution in [0.25, 0.3) is 10.9 Å². The Morgan fingerprint density at radius 3 is 2.79 bits per heavy atom. The van der Waals surface area contributed by atoms with Gasteiger partial charge in [-0.05, 0) is 37.5 Å². The second kappa shape index (κ2) is 6.43. The maximum Gasteiger partial charge on any atom is 0.316 e. The van der Waals surface area contributed by atoms with Crippen molar-refractivity contribution in [1.29, 1.82) is 0 Å². The first kappa shape index (κ1) is 14.9. The number of ether oxygens (including phenoxy) is 1. The molecule has 24 heavy (non-hydrogen) atoms. The molecule has 5 heteroatoms. The number of pyridine rings is 1. The van der Waals surface area contributed by atoms with Crippen molar-refractivity contribution in [2.24, 2.45) is 0 Å². The number of hydrogen-bond donors (Lipinski definition) is 0. The van der Waals surface area contributed by atoms with E-state index in [9.17, 15) is 0 Å². The molecule has 122 valence electrons. The van der Waals surface area contributed by atoms with Gasteiger partial charge >= 0.3 is 6.01 Å². The van der Waals surface area contributed by atoms with Crippen molar-refractivity contribution < 1.29 is 4.74 Å². The minimum Gasteiger partial charge on any atom is -0.458 e. The summed E-state index contributed by atoms with van der Waals surface area (Å²) >= 11 is 0. The molecule has 1 aromatic carbocycles. The summed E-state index contributed by atoms with van der Waals surface area (Å²) in [7, 11) is 0. The van der Waals surface area contributed by atoms with Crippen molar-refractivity contribution in [2.45, 2.75) is 25.9 Å². The third-order valence-electron chi connectivity index (χ3n) is 4.37. The summed E-state index contributed by atoms with van der Waals surface area (Å²) in [5.74, 6) is 0. The molecular weight excluding hydrogens is 300 g/mol. The second-order valence-corrected chi connectivity index (χ2v) is 6.22. The fourth-order valence-electron chi connectivity index (χ4n) is 3.20. The fraction of sp³-hybridized carbons (Fsp3) is 0.316. The summed E-state index contributed by atoms with van der Waals surface area (Å²) in [6.45, 7) is 3.84. The number of rotatable bonds is 3. The van der Waals surface area contributed by atoms with Crippen molar-refractivity contribution in [1.82, 2.24) is 15.0 Å². The topological polar surface area (TPSA) is 51.1 Å². The monoisotopic (exact) mass is 320 g/mol. The first-order valence-electron chi connectivity index (χ1n) is 8.33. The molecule has 0 bridgehead atoms. The molecule has 0 aliphatic carbocycles. The average molecular weight is 320 g/mol. The van der Waals surface area contributed by atoms with Crippen LogP contribution in [0.2, 0.25) is 0 Å². The number of fused-ring (bicyclic) bond motifs is 1.